The number of unbranched alkanes of at least 4 members (excludes halogenated alkanes) is 3. The molecular formula is C21H37BrOSn. The third-order valence-corrected chi connectivity index (χ3v) is 27.7. The van der Waals surface area contributed by atoms with Crippen LogP contribution in [0.5, 0.6) is 0 Å². The summed E-state index contributed by atoms with van der Waals surface area (Å²) >= 11 is 1.95. The zero-order valence-electron chi connectivity index (χ0n) is 16.0. The van der Waals surface area contributed by atoms with E-state index in [1.807, 2.05) is 0 Å². The first kappa shape index (κ1) is 22.5. The third-order valence-electron chi connectivity index (χ3n) is 5.12. The van der Waals surface area contributed by atoms with Gasteiger partial charge in [0.2, 0.25) is 0 Å². The molecule has 24 heavy (non-hydrogen) atoms. The molecule has 0 aliphatic carbocycles. The van der Waals surface area contributed by atoms with Gasteiger partial charge in [-0.3, -0.25) is 0 Å². The van der Waals surface area contributed by atoms with Gasteiger partial charge < -0.3 is 0 Å². The van der Waals surface area contributed by atoms with Gasteiger partial charge in [-0.1, -0.05) is 0 Å². The number of halogens is 1. The molecule has 0 spiro atoms. The number of benzene rings is 1. The van der Waals surface area contributed by atoms with Crippen molar-refractivity contribution in [3.05, 3.63) is 35.9 Å². The van der Waals surface area contributed by atoms with Gasteiger partial charge in [0, 0.05) is 0 Å². The van der Waals surface area contributed by atoms with Crippen molar-refractivity contribution >= 4 is 34.3 Å². The predicted molar refractivity (Wildman–Crippen MR) is 114 cm³/mol. The molecule has 0 heterocycles. The first-order chi connectivity index (χ1) is 11.7. The van der Waals surface area contributed by atoms with Crippen LogP contribution in [0.1, 0.15) is 64.9 Å². The molecule has 1 aromatic rings. The number of hydrogen-bond acceptors (Lipinski definition) is 1. The molecule has 0 radical (unpaired) electrons. The Morgan fingerprint density at radius 2 is 1.38 bits per heavy atom. The molecule has 0 N–H and O–H groups in total. The molecule has 0 saturated carbocycles. The quantitative estimate of drug-likeness (QED) is 0.190. The Kier molecular flexibility index (Phi) is 12.8. The van der Waals surface area contributed by atoms with E-state index in [1.54, 1.807) is 0 Å². The van der Waals surface area contributed by atoms with E-state index in [4.69, 9.17) is 4.74 Å². The fourth-order valence-corrected chi connectivity index (χ4v) is 23.5. The molecule has 138 valence electrons. The summed E-state index contributed by atoms with van der Waals surface area (Å²) in [5, 5.41) is 0. The molecule has 0 amide bonds. The second-order valence-electron chi connectivity index (χ2n) is 7.14. The molecule has 1 unspecified atom stereocenters. The molecule has 3 heteroatoms. The van der Waals surface area contributed by atoms with Crippen LogP contribution in [-0.2, 0) is 11.3 Å². The molecule has 0 bridgehead atoms. The summed E-state index contributed by atoms with van der Waals surface area (Å²) < 4.78 is 11.4. The SMILES string of the molecule is CCC[CH2][Sn]([CH2]CCC)([CH2]CCC)[CH](Br)COCc1ccccc1. The van der Waals surface area contributed by atoms with Crippen LogP contribution in [0.15, 0.2) is 30.3 Å². The minimum absolute atomic E-state index is 0.667. The van der Waals surface area contributed by atoms with E-state index >= 15 is 0 Å². The third kappa shape index (κ3) is 8.23. The molecule has 0 aliphatic rings. The van der Waals surface area contributed by atoms with E-state index in [0.29, 0.717) is 2.84 Å². The molecule has 0 aromatic heterocycles. The van der Waals surface area contributed by atoms with Crippen LogP contribution >= 0.6 is 15.9 Å². The summed E-state index contributed by atoms with van der Waals surface area (Å²) in [5.41, 5.74) is 1.29. The zero-order valence-corrected chi connectivity index (χ0v) is 20.5. The van der Waals surface area contributed by atoms with Crippen molar-refractivity contribution in [3.8, 4) is 0 Å². The maximum atomic E-state index is 6.13. The van der Waals surface area contributed by atoms with Gasteiger partial charge in [-0.25, -0.2) is 0 Å². The predicted octanol–water partition coefficient (Wildman–Crippen LogP) is 7.36. The number of hydrogen-bond donors (Lipinski definition) is 0. The average Bonchev–Trinajstić information content (AvgIpc) is 2.62. The monoisotopic (exact) mass is 504 g/mol. The van der Waals surface area contributed by atoms with E-state index in [9.17, 15) is 0 Å². The van der Waals surface area contributed by atoms with E-state index in [2.05, 4.69) is 67.0 Å². The first-order valence-corrected chi connectivity index (χ1v) is 18.6. The van der Waals surface area contributed by atoms with Gasteiger partial charge in [0.15, 0.2) is 0 Å². The van der Waals surface area contributed by atoms with E-state index < -0.39 is 18.4 Å². The van der Waals surface area contributed by atoms with Gasteiger partial charge in [0.05, 0.1) is 0 Å². The van der Waals surface area contributed by atoms with Crippen LogP contribution in [0.2, 0.25) is 13.3 Å². The molecule has 0 saturated heterocycles. The van der Waals surface area contributed by atoms with Crippen molar-refractivity contribution in [2.75, 3.05) is 6.61 Å². The van der Waals surface area contributed by atoms with Crippen LogP contribution in [0, 0.1) is 0 Å². The molecule has 1 rings (SSSR count). The van der Waals surface area contributed by atoms with Crippen LogP contribution in [0.25, 0.3) is 0 Å². The normalized spacial score (nSPS) is 13.2. The van der Waals surface area contributed by atoms with Crippen molar-refractivity contribution in [1.82, 2.24) is 0 Å². The van der Waals surface area contributed by atoms with Crippen LogP contribution < -0.4 is 0 Å². The van der Waals surface area contributed by atoms with Gasteiger partial charge in [0.1, 0.15) is 0 Å². The Morgan fingerprint density at radius 3 is 1.83 bits per heavy atom. The number of alkyl halides is 1. The van der Waals surface area contributed by atoms with Crippen molar-refractivity contribution < 1.29 is 4.74 Å². The second-order valence-corrected chi connectivity index (χ2v) is 24.7. The Balaban J connectivity index is 2.65. The minimum atomic E-state index is -2.18. The van der Waals surface area contributed by atoms with E-state index in [1.165, 1.54) is 57.4 Å². The molecule has 1 atom stereocenters. The molecule has 0 fully saturated rings. The summed E-state index contributed by atoms with van der Waals surface area (Å²) in [6.45, 7) is 8.67. The standard InChI is InChI=1S/C9H10BrO.3C4H9.Sn/c10-6-7-11-8-9-4-2-1-3-5-9;3*1-3-4-2;/h1-6H,7-8H2;3*1,3-4H2,2H3;. The zero-order chi connectivity index (χ0) is 17.7. The van der Waals surface area contributed by atoms with Gasteiger partial charge in [-0.2, -0.15) is 0 Å². The topological polar surface area (TPSA) is 9.23 Å². The van der Waals surface area contributed by atoms with Crippen molar-refractivity contribution in [1.29, 1.82) is 0 Å². The Labute approximate surface area is 163 Å². The van der Waals surface area contributed by atoms with Crippen LogP contribution in [-0.4, -0.2) is 27.8 Å². The first-order valence-electron chi connectivity index (χ1n) is 9.94. The summed E-state index contributed by atoms with van der Waals surface area (Å²) in [5.74, 6) is 0. The second kappa shape index (κ2) is 13.6. The van der Waals surface area contributed by atoms with E-state index in [-0.39, 0.29) is 0 Å². The van der Waals surface area contributed by atoms with Crippen LogP contribution in [0.4, 0.5) is 0 Å². The van der Waals surface area contributed by atoms with Gasteiger partial charge in [0.25, 0.3) is 0 Å². The fraction of sp³-hybridized carbons (Fsp3) is 0.714. The summed E-state index contributed by atoms with van der Waals surface area (Å²) in [4.78, 5) is 0. The van der Waals surface area contributed by atoms with Crippen molar-refractivity contribution in [2.24, 2.45) is 0 Å². The number of ether oxygens (including phenoxy) is 1. The Morgan fingerprint density at radius 1 is 0.875 bits per heavy atom. The average molecular weight is 504 g/mol. The van der Waals surface area contributed by atoms with Crippen LogP contribution in [0.3, 0.4) is 0 Å². The Hall–Kier alpha value is 0.459. The molecule has 1 nitrogen and oxygen atoms in total. The summed E-state index contributed by atoms with van der Waals surface area (Å²) in [7, 11) is 0. The van der Waals surface area contributed by atoms with Gasteiger partial charge in [-0.05, 0) is 0 Å². The summed E-state index contributed by atoms with van der Waals surface area (Å²) in [6.07, 6.45) is 8.27. The van der Waals surface area contributed by atoms with E-state index in [0.717, 1.165) is 13.2 Å². The van der Waals surface area contributed by atoms with Gasteiger partial charge in [-0.15, -0.1) is 0 Å². The van der Waals surface area contributed by atoms with Gasteiger partial charge >= 0.3 is 164 Å². The summed E-state index contributed by atoms with van der Waals surface area (Å²) in [6, 6.07) is 10.6. The van der Waals surface area contributed by atoms with Crippen molar-refractivity contribution in [2.45, 2.75) is 82.1 Å². The molecule has 1 aromatic carbocycles. The Bertz CT molecular complexity index is 388. The maximum absolute atomic E-state index is 6.13. The number of rotatable bonds is 14. The fourth-order valence-electron chi connectivity index (χ4n) is 3.46. The molecule has 0 aliphatic heterocycles. The molecular weight excluding hydrogens is 467 g/mol. The van der Waals surface area contributed by atoms with Crippen molar-refractivity contribution in [3.63, 3.8) is 0 Å².